The van der Waals surface area contributed by atoms with Crippen LogP contribution in [0.5, 0.6) is 0 Å². The number of hydrogen-bond acceptors (Lipinski definition) is 4. The van der Waals surface area contributed by atoms with Crippen molar-refractivity contribution < 1.29 is 17.6 Å². The van der Waals surface area contributed by atoms with Crippen LogP contribution in [0, 0.1) is 16.6 Å². The van der Waals surface area contributed by atoms with Crippen LogP contribution in [0.2, 0.25) is 0 Å². The summed E-state index contributed by atoms with van der Waals surface area (Å²) in [6.07, 6.45) is -3.53. The van der Waals surface area contributed by atoms with Gasteiger partial charge in [-0.05, 0) is 59.9 Å². The maximum atomic E-state index is 13.3. The molecule has 0 bridgehead atoms. The van der Waals surface area contributed by atoms with Gasteiger partial charge >= 0.3 is 6.18 Å². The van der Waals surface area contributed by atoms with Gasteiger partial charge < -0.3 is 16.0 Å². The molecule has 3 aromatic rings. The second-order valence-electron chi connectivity index (χ2n) is 9.55. The van der Waals surface area contributed by atoms with Crippen molar-refractivity contribution >= 4 is 17.6 Å². The molecule has 0 saturated carbocycles. The predicted molar refractivity (Wildman–Crippen MR) is 138 cm³/mol. The topological polar surface area (TPSA) is 59.9 Å². The number of rotatable bonds is 11. The van der Waals surface area contributed by atoms with Gasteiger partial charge in [0.1, 0.15) is 5.82 Å². The van der Waals surface area contributed by atoms with Crippen LogP contribution < -0.4 is 16.0 Å². The SMILES string of the molecule is CC(NCC(F)(F)F)NCC(C)(C)[C@@H](c1ccccc1)c1ccc(Nc2ccc(F)cc2)c(C=N)c1. The molecule has 4 N–H and O–H groups in total. The van der Waals surface area contributed by atoms with Crippen LogP contribution in [0.15, 0.2) is 72.8 Å². The van der Waals surface area contributed by atoms with Gasteiger partial charge in [0.15, 0.2) is 0 Å². The molecule has 1 unspecified atom stereocenters. The molecule has 2 atom stereocenters. The molecule has 0 radical (unpaired) electrons. The molecule has 0 aliphatic carbocycles. The molecule has 0 heterocycles. The molecule has 3 rings (SSSR count). The number of anilines is 2. The van der Waals surface area contributed by atoms with Crippen molar-refractivity contribution in [2.75, 3.05) is 18.4 Å². The Bertz CT molecular complexity index is 1130. The van der Waals surface area contributed by atoms with Crippen LogP contribution in [0.1, 0.15) is 43.4 Å². The fourth-order valence-corrected chi connectivity index (χ4v) is 4.28. The van der Waals surface area contributed by atoms with E-state index < -0.39 is 18.9 Å². The third kappa shape index (κ3) is 7.63. The van der Waals surface area contributed by atoms with Crippen LogP contribution in [0.3, 0.4) is 0 Å². The highest BCUT2D eigenvalue weighted by Gasteiger charge is 2.33. The second kappa shape index (κ2) is 11.7. The average molecular weight is 501 g/mol. The van der Waals surface area contributed by atoms with Crippen molar-refractivity contribution in [2.45, 2.75) is 39.0 Å². The molecule has 0 amide bonds. The van der Waals surface area contributed by atoms with Crippen molar-refractivity contribution in [2.24, 2.45) is 5.41 Å². The fourth-order valence-electron chi connectivity index (χ4n) is 4.28. The number of alkyl halides is 3. The number of hydrogen-bond donors (Lipinski definition) is 4. The van der Waals surface area contributed by atoms with E-state index in [1.807, 2.05) is 48.5 Å². The smallest absolute Gasteiger partial charge is 0.355 e. The lowest BCUT2D eigenvalue weighted by molar-refractivity contribution is -0.126. The molecule has 0 fully saturated rings. The van der Waals surface area contributed by atoms with Crippen molar-refractivity contribution in [3.8, 4) is 0 Å². The van der Waals surface area contributed by atoms with Gasteiger partial charge in [-0.25, -0.2) is 4.39 Å². The molecule has 0 aromatic heterocycles. The quantitative estimate of drug-likeness (QED) is 0.133. The van der Waals surface area contributed by atoms with E-state index in [0.717, 1.165) is 11.1 Å². The molecule has 0 aliphatic rings. The highest BCUT2D eigenvalue weighted by Crippen LogP contribution is 2.41. The molecule has 36 heavy (non-hydrogen) atoms. The summed E-state index contributed by atoms with van der Waals surface area (Å²) in [4.78, 5) is 0. The van der Waals surface area contributed by atoms with Crippen LogP contribution >= 0.6 is 0 Å². The van der Waals surface area contributed by atoms with Crippen LogP contribution in [0.4, 0.5) is 28.9 Å². The molecule has 0 spiro atoms. The third-order valence-corrected chi connectivity index (χ3v) is 6.07. The Kier molecular flexibility index (Phi) is 8.87. The first kappa shape index (κ1) is 27.4. The highest BCUT2D eigenvalue weighted by atomic mass is 19.4. The standard InChI is InChI=1S/C28H32F4N4/c1-19(35-18-28(30,31)32)34-17-27(2,3)26(20-7-5-4-6-8-20)21-9-14-25(22(15-21)16-33)36-24-12-10-23(29)11-13-24/h4-16,19,26,33-36H,17-18H2,1-3H3/t19?,26-/m0/s1. The lowest BCUT2D eigenvalue weighted by Gasteiger charge is -2.37. The summed E-state index contributed by atoms with van der Waals surface area (Å²) >= 11 is 0. The highest BCUT2D eigenvalue weighted by molar-refractivity contribution is 5.87. The zero-order valence-corrected chi connectivity index (χ0v) is 20.6. The van der Waals surface area contributed by atoms with Crippen molar-refractivity contribution in [3.63, 3.8) is 0 Å². The van der Waals surface area contributed by atoms with Crippen molar-refractivity contribution in [1.29, 1.82) is 5.41 Å². The predicted octanol–water partition coefficient (Wildman–Crippen LogP) is 6.81. The summed E-state index contributed by atoms with van der Waals surface area (Å²) < 4.78 is 51.0. The number of benzene rings is 3. The normalized spacial score (nSPS) is 13.8. The molecule has 192 valence electrons. The molecule has 8 heteroatoms. The van der Waals surface area contributed by atoms with Crippen molar-refractivity contribution in [3.05, 3.63) is 95.3 Å². The first-order valence-corrected chi connectivity index (χ1v) is 11.7. The van der Waals surface area contributed by atoms with Gasteiger partial charge in [-0.1, -0.05) is 50.2 Å². The third-order valence-electron chi connectivity index (χ3n) is 6.07. The van der Waals surface area contributed by atoms with Gasteiger partial charge in [0, 0.05) is 35.6 Å². The maximum absolute atomic E-state index is 13.3. The van der Waals surface area contributed by atoms with Gasteiger partial charge in [-0.2, -0.15) is 13.2 Å². The Balaban J connectivity index is 1.87. The lowest BCUT2D eigenvalue weighted by atomic mass is 9.71. The monoisotopic (exact) mass is 500 g/mol. The lowest BCUT2D eigenvalue weighted by Crippen LogP contribution is -2.48. The average Bonchev–Trinajstić information content (AvgIpc) is 2.84. The number of nitrogens with one attached hydrogen (secondary N) is 4. The summed E-state index contributed by atoms with van der Waals surface area (Å²) in [5.74, 6) is -0.424. The minimum atomic E-state index is -4.27. The van der Waals surface area contributed by atoms with Gasteiger partial charge in [0.05, 0.1) is 12.7 Å². The largest absolute Gasteiger partial charge is 0.401 e. The number of halogens is 4. The summed E-state index contributed by atoms with van der Waals surface area (Å²) in [6.45, 7) is 5.21. The summed E-state index contributed by atoms with van der Waals surface area (Å²) in [5.41, 5.74) is 3.75. The van der Waals surface area contributed by atoms with Crippen LogP contribution in [-0.4, -0.2) is 31.6 Å². The van der Waals surface area contributed by atoms with Gasteiger partial charge in [0.2, 0.25) is 0 Å². The molecule has 0 aliphatic heterocycles. The molecule has 3 aromatic carbocycles. The van der Waals surface area contributed by atoms with E-state index in [2.05, 4.69) is 29.8 Å². The van der Waals surface area contributed by atoms with E-state index in [9.17, 15) is 17.6 Å². The Morgan fingerprint density at radius 2 is 1.50 bits per heavy atom. The minimum Gasteiger partial charge on any atom is -0.355 e. The van der Waals surface area contributed by atoms with Crippen molar-refractivity contribution in [1.82, 2.24) is 10.6 Å². The first-order chi connectivity index (χ1) is 17.0. The minimum absolute atomic E-state index is 0.0976. The zero-order chi connectivity index (χ0) is 26.3. The zero-order valence-electron chi connectivity index (χ0n) is 20.6. The van der Waals surface area contributed by atoms with E-state index >= 15 is 0 Å². The van der Waals surface area contributed by atoms with E-state index in [1.54, 1.807) is 19.1 Å². The molecular weight excluding hydrogens is 468 g/mol. The van der Waals surface area contributed by atoms with E-state index in [0.29, 0.717) is 23.5 Å². The van der Waals surface area contributed by atoms with E-state index in [4.69, 9.17) is 5.41 Å². The van der Waals surface area contributed by atoms with E-state index in [1.165, 1.54) is 18.3 Å². The Morgan fingerprint density at radius 1 is 0.861 bits per heavy atom. The summed E-state index contributed by atoms with van der Waals surface area (Å²) in [6, 6.07) is 21.8. The molecular formula is C28H32F4N4. The van der Waals surface area contributed by atoms with Crippen LogP contribution in [0.25, 0.3) is 0 Å². The van der Waals surface area contributed by atoms with E-state index in [-0.39, 0.29) is 17.2 Å². The summed E-state index contributed by atoms with van der Waals surface area (Å²) in [5, 5.41) is 16.9. The Morgan fingerprint density at radius 3 is 2.11 bits per heavy atom. The maximum Gasteiger partial charge on any atom is 0.401 e. The molecule has 4 nitrogen and oxygen atoms in total. The fraction of sp³-hybridized carbons (Fsp3) is 0.321. The summed E-state index contributed by atoms with van der Waals surface area (Å²) in [7, 11) is 0. The second-order valence-corrected chi connectivity index (χ2v) is 9.55. The van der Waals surface area contributed by atoms with Gasteiger partial charge in [0.25, 0.3) is 0 Å². The van der Waals surface area contributed by atoms with Gasteiger partial charge in [-0.3, -0.25) is 5.32 Å². The Labute approximate surface area is 209 Å². The van der Waals surface area contributed by atoms with Gasteiger partial charge in [-0.15, -0.1) is 0 Å². The first-order valence-electron chi connectivity index (χ1n) is 11.7. The Hall–Kier alpha value is -3.23. The van der Waals surface area contributed by atoms with Crippen LogP contribution in [-0.2, 0) is 0 Å². The molecule has 0 saturated heterocycles.